The minimum absolute atomic E-state index is 0. The summed E-state index contributed by atoms with van der Waals surface area (Å²) in [5.74, 6) is 0.575. The first-order chi connectivity index (χ1) is 13.6. The summed E-state index contributed by atoms with van der Waals surface area (Å²) in [6.45, 7) is 3.43. The highest BCUT2D eigenvalue weighted by atomic mass is 127. The number of nitrogens with one attached hydrogen (secondary N) is 3. The third-order valence-electron chi connectivity index (χ3n) is 3.84. The Bertz CT molecular complexity index is 940. The highest BCUT2D eigenvalue weighted by molar-refractivity contribution is 14.0. The summed E-state index contributed by atoms with van der Waals surface area (Å²) in [7, 11) is 1.73. The van der Waals surface area contributed by atoms with Crippen LogP contribution in [0.2, 0.25) is 0 Å². The molecule has 1 aromatic carbocycles. The Morgan fingerprint density at radius 1 is 1.24 bits per heavy atom. The van der Waals surface area contributed by atoms with E-state index in [1.54, 1.807) is 41.5 Å². The molecule has 10 heteroatoms. The molecule has 8 nitrogen and oxygen atoms in total. The fourth-order valence-electron chi connectivity index (χ4n) is 2.55. The molecule has 2 aromatic heterocycles. The lowest BCUT2D eigenvalue weighted by Gasteiger charge is -2.12. The molecule has 154 valence electrons. The molecule has 3 rings (SSSR count). The summed E-state index contributed by atoms with van der Waals surface area (Å²) >= 11 is 1.66. The molecule has 3 N–H and O–H groups in total. The summed E-state index contributed by atoms with van der Waals surface area (Å²) in [6.07, 6.45) is 5.27. The SMILES string of the molecule is CN=C(NCc1cccc(NC(=O)Cn2cccn2)c1)NCc1ncc(C)s1.I. The molecule has 0 atom stereocenters. The maximum atomic E-state index is 12.1. The minimum Gasteiger partial charge on any atom is -0.352 e. The van der Waals surface area contributed by atoms with Gasteiger partial charge < -0.3 is 16.0 Å². The van der Waals surface area contributed by atoms with E-state index in [9.17, 15) is 4.79 Å². The summed E-state index contributed by atoms with van der Waals surface area (Å²) in [6, 6.07) is 9.49. The van der Waals surface area contributed by atoms with Crippen molar-refractivity contribution in [1.82, 2.24) is 25.4 Å². The lowest BCUT2D eigenvalue weighted by atomic mass is 10.2. The number of rotatable bonds is 7. The Labute approximate surface area is 190 Å². The Morgan fingerprint density at radius 3 is 2.76 bits per heavy atom. The summed E-state index contributed by atoms with van der Waals surface area (Å²) in [5, 5.41) is 14.5. The molecule has 0 aliphatic heterocycles. The largest absolute Gasteiger partial charge is 0.352 e. The molecule has 2 heterocycles. The summed E-state index contributed by atoms with van der Waals surface area (Å²) in [4.78, 5) is 21.9. The van der Waals surface area contributed by atoms with E-state index in [0.29, 0.717) is 19.0 Å². The molecule has 0 saturated carbocycles. The van der Waals surface area contributed by atoms with E-state index in [0.717, 1.165) is 16.3 Å². The van der Waals surface area contributed by atoms with Gasteiger partial charge in [0, 0.05) is 42.7 Å². The molecule has 3 aromatic rings. The Kier molecular flexibility index (Phi) is 9.06. The quantitative estimate of drug-likeness (QED) is 0.251. The molecule has 0 unspecified atom stereocenters. The molecule has 0 radical (unpaired) electrons. The molecule has 0 bridgehead atoms. The Balaban J connectivity index is 0.00000300. The average Bonchev–Trinajstić information content (AvgIpc) is 3.34. The van der Waals surface area contributed by atoms with E-state index in [2.05, 4.69) is 31.0 Å². The maximum Gasteiger partial charge on any atom is 0.246 e. The highest BCUT2D eigenvalue weighted by Crippen LogP contribution is 2.11. The second kappa shape index (κ2) is 11.5. The van der Waals surface area contributed by atoms with Crippen LogP contribution in [-0.4, -0.2) is 33.7 Å². The van der Waals surface area contributed by atoms with Crippen LogP contribution in [0.15, 0.2) is 53.9 Å². The van der Waals surface area contributed by atoms with Gasteiger partial charge in [-0.2, -0.15) is 5.10 Å². The molecule has 29 heavy (non-hydrogen) atoms. The molecule has 0 aliphatic carbocycles. The van der Waals surface area contributed by atoms with Crippen molar-refractivity contribution in [2.45, 2.75) is 26.6 Å². The molecule has 0 aliphatic rings. The van der Waals surface area contributed by atoms with Crippen LogP contribution in [0.25, 0.3) is 0 Å². The lowest BCUT2D eigenvalue weighted by Crippen LogP contribution is -2.36. The van der Waals surface area contributed by atoms with Gasteiger partial charge >= 0.3 is 0 Å². The number of guanidine groups is 1. The Morgan fingerprint density at radius 2 is 2.07 bits per heavy atom. The van der Waals surface area contributed by atoms with Crippen LogP contribution < -0.4 is 16.0 Å². The molecular formula is C19H24IN7OS. The van der Waals surface area contributed by atoms with Crippen molar-refractivity contribution in [2.24, 2.45) is 4.99 Å². The first-order valence-corrected chi connectivity index (χ1v) is 9.66. The molecule has 1 amide bonds. The van der Waals surface area contributed by atoms with Crippen LogP contribution in [0.4, 0.5) is 5.69 Å². The smallest absolute Gasteiger partial charge is 0.246 e. The van der Waals surface area contributed by atoms with Crippen molar-refractivity contribution in [3.05, 3.63) is 64.4 Å². The fourth-order valence-corrected chi connectivity index (χ4v) is 3.28. The van der Waals surface area contributed by atoms with Gasteiger partial charge in [-0.25, -0.2) is 4.98 Å². The topological polar surface area (TPSA) is 96.2 Å². The van der Waals surface area contributed by atoms with Crippen molar-refractivity contribution in [3.8, 4) is 0 Å². The summed E-state index contributed by atoms with van der Waals surface area (Å²) in [5.41, 5.74) is 1.78. The van der Waals surface area contributed by atoms with Crippen LogP contribution in [0, 0.1) is 6.92 Å². The van der Waals surface area contributed by atoms with Gasteiger partial charge in [-0.3, -0.25) is 14.5 Å². The minimum atomic E-state index is -0.120. The van der Waals surface area contributed by atoms with E-state index in [4.69, 9.17) is 0 Å². The van der Waals surface area contributed by atoms with Crippen LogP contribution in [-0.2, 0) is 24.4 Å². The number of thiazole rings is 1. The van der Waals surface area contributed by atoms with Gasteiger partial charge in [0.2, 0.25) is 5.91 Å². The zero-order valence-electron chi connectivity index (χ0n) is 16.3. The number of halogens is 1. The average molecular weight is 525 g/mol. The summed E-state index contributed by atoms with van der Waals surface area (Å²) < 4.78 is 1.58. The molecular weight excluding hydrogens is 501 g/mol. The zero-order chi connectivity index (χ0) is 19.8. The number of aliphatic imine (C=N–C) groups is 1. The number of aryl methyl sites for hydroxylation is 1. The lowest BCUT2D eigenvalue weighted by molar-refractivity contribution is -0.116. The number of carbonyl (C=O) groups excluding carboxylic acids is 1. The second-order valence-corrected chi connectivity index (χ2v) is 7.42. The van der Waals surface area contributed by atoms with Crippen molar-refractivity contribution in [2.75, 3.05) is 12.4 Å². The molecule has 0 fully saturated rings. The van der Waals surface area contributed by atoms with E-state index < -0.39 is 0 Å². The van der Waals surface area contributed by atoms with Crippen molar-refractivity contribution in [3.63, 3.8) is 0 Å². The van der Waals surface area contributed by atoms with Gasteiger partial charge in [0.15, 0.2) is 5.96 Å². The highest BCUT2D eigenvalue weighted by Gasteiger charge is 2.05. The molecule has 0 spiro atoms. The van der Waals surface area contributed by atoms with Crippen molar-refractivity contribution < 1.29 is 4.79 Å². The zero-order valence-corrected chi connectivity index (χ0v) is 19.4. The number of hydrogen-bond acceptors (Lipinski definition) is 5. The van der Waals surface area contributed by atoms with Gasteiger partial charge in [0.1, 0.15) is 11.6 Å². The number of nitrogens with zero attached hydrogens (tertiary/aromatic N) is 4. The van der Waals surface area contributed by atoms with Crippen LogP contribution in [0.3, 0.4) is 0 Å². The van der Waals surface area contributed by atoms with E-state index in [-0.39, 0.29) is 36.4 Å². The van der Waals surface area contributed by atoms with Crippen LogP contribution in [0.1, 0.15) is 15.4 Å². The predicted octanol–water partition coefficient (Wildman–Crippen LogP) is 2.77. The fraction of sp³-hybridized carbons (Fsp3) is 0.263. The third kappa shape index (κ3) is 7.46. The van der Waals surface area contributed by atoms with Crippen molar-refractivity contribution in [1.29, 1.82) is 0 Å². The third-order valence-corrected chi connectivity index (χ3v) is 4.75. The first kappa shape index (κ1) is 22.8. The molecule has 0 saturated heterocycles. The van der Waals surface area contributed by atoms with Crippen LogP contribution >= 0.6 is 35.3 Å². The van der Waals surface area contributed by atoms with Gasteiger partial charge in [-0.1, -0.05) is 12.1 Å². The van der Waals surface area contributed by atoms with Gasteiger partial charge in [-0.05, 0) is 30.7 Å². The van der Waals surface area contributed by atoms with Gasteiger partial charge in [0.25, 0.3) is 0 Å². The first-order valence-electron chi connectivity index (χ1n) is 8.84. The monoisotopic (exact) mass is 525 g/mol. The van der Waals surface area contributed by atoms with Gasteiger partial charge in [-0.15, -0.1) is 35.3 Å². The normalized spacial score (nSPS) is 10.9. The predicted molar refractivity (Wildman–Crippen MR) is 127 cm³/mol. The number of benzene rings is 1. The number of carbonyl (C=O) groups is 1. The van der Waals surface area contributed by atoms with Crippen LogP contribution in [0.5, 0.6) is 0 Å². The maximum absolute atomic E-state index is 12.1. The number of anilines is 1. The van der Waals surface area contributed by atoms with E-state index in [1.165, 1.54) is 4.88 Å². The van der Waals surface area contributed by atoms with Crippen molar-refractivity contribution >= 4 is 52.9 Å². The number of hydrogen-bond donors (Lipinski definition) is 3. The van der Waals surface area contributed by atoms with E-state index in [1.807, 2.05) is 37.4 Å². The Hall–Kier alpha value is -2.47. The number of amides is 1. The van der Waals surface area contributed by atoms with Gasteiger partial charge in [0.05, 0.1) is 6.54 Å². The standard InChI is InChI=1S/C19H23N7OS.HI/c1-14-10-21-18(28-14)12-23-19(20-2)22-11-15-5-3-6-16(9-15)25-17(27)13-26-8-4-7-24-26;/h3-10H,11-13H2,1-2H3,(H,25,27)(H2,20,22,23);1H. The van der Waals surface area contributed by atoms with E-state index >= 15 is 0 Å². The second-order valence-electron chi connectivity index (χ2n) is 6.10. The number of aromatic nitrogens is 3.